The normalized spacial score (nSPS) is 15.6. The molecule has 2 aromatic heterocycles. The zero-order valence-electron chi connectivity index (χ0n) is 10.4. The Bertz CT molecular complexity index is 564. The Balaban J connectivity index is 1.97. The first-order valence-corrected chi connectivity index (χ1v) is 7.01. The molecule has 0 fully saturated rings. The number of fused-ring (bicyclic) bond motifs is 1. The van der Waals surface area contributed by atoms with Gasteiger partial charge < -0.3 is 5.73 Å². The van der Waals surface area contributed by atoms with Crippen LogP contribution in [0.25, 0.3) is 10.6 Å². The molecule has 1 aliphatic rings. The van der Waals surface area contributed by atoms with Crippen LogP contribution in [0.2, 0.25) is 0 Å². The number of nitrogens with two attached hydrogens (primary N) is 1. The quantitative estimate of drug-likeness (QED) is 0.899. The zero-order chi connectivity index (χ0) is 12.5. The minimum absolute atomic E-state index is 0.566. The zero-order valence-corrected chi connectivity index (χ0v) is 11.2. The summed E-state index contributed by atoms with van der Waals surface area (Å²) in [5.74, 6) is 0.566. The van der Waals surface area contributed by atoms with E-state index in [2.05, 4.69) is 16.8 Å². The summed E-state index contributed by atoms with van der Waals surface area (Å²) in [7, 11) is 0. The Hall–Kier alpha value is -1.46. The molecule has 0 aliphatic carbocycles. The molecule has 0 aromatic carbocycles. The molecule has 0 atom stereocenters. The highest BCUT2D eigenvalue weighted by molar-refractivity contribution is 7.15. The van der Waals surface area contributed by atoms with Gasteiger partial charge in [-0.15, -0.1) is 11.3 Å². The fraction of sp³-hybridized carbons (Fsp3) is 0.385. The number of anilines is 1. The summed E-state index contributed by atoms with van der Waals surface area (Å²) in [4.78, 5) is 12.7. The van der Waals surface area contributed by atoms with E-state index in [1.54, 1.807) is 17.5 Å². The average Bonchev–Trinajstić information content (AvgIpc) is 2.81. The largest absolute Gasteiger partial charge is 0.383 e. The first-order chi connectivity index (χ1) is 8.78. The van der Waals surface area contributed by atoms with Crippen molar-refractivity contribution >= 4 is 17.2 Å². The maximum atomic E-state index is 5.91. The van der Waals surface area contributed by atoms with Gasteiger partial charge in [0.1, 0.15) is 10.8 Å². The van der Waals surface area contributed by atoms with Gasteiger partial charge >= 0.3 is 0 Å². The van der Waals surface area contributed by atoms with Crippen LogP contribution in [0.5, 0.6) is 0 Å². The molecule has 0 bridgehead atoms. The average molecular weight is 260 g/mol. The van der Waals surface area contributed by atoms with Crippen LogP contribution in [0.3, 0.4) is 0 Å². The first kappa shape index (κ1) is 11.6. The Morgan fingerprint density at radius 1 is 1.50 bits per heavy atom. The van der Waals surface area contributed by atoms with Crippen molar-refractivity contribution in [2.75, 3.05) is 18.8 Å². The molecule has 94 valence electrons. The lowest BCUT2D eigenvalue weighted by Crippen LogP contribution is -2.29. The molecule has 3 rings (SSSR count). The van der Waals surface area contributed by atoms with E-state index < -0.39 is 0 Å². The number of likely N-dealkylation sites (N-methyl/N-ethyl adjacent to an activating group) is 1. The van der Waals surface area contributed by atoms with Crippen LogP contribution in [0.1, 0.15) is 17.5 Å². The van der Waals surface area contributed by atoms with E-state index in [9.17, 15) is 0 Å². The molecule has 0 spiro atoms. The Labute approximate surface area is 110 Å². The summed E-state index contributed by atoms with van der Waals surface area (Å²) >= 11 is 1.75. The van der Waals surface area contributed by atoms with Crippen LogP contribution >= 0.6 is 11.3 Å². The van der Waals surface area contributed by atoms with E-state index in [1.807, 2.05) is 12.1 Å². The van der Waals surface area contributed by atoms with Gasteiger partial charge in [0, 0.05) is 30.6 Å². The second-order valence-corrected chi connectivity index (χ2v) is 5.53. The highest BCUT2D eigenvalue weighted by atomic mass is 32.1. The number of nitrogen functional groups attached to an aromatic ring is 1. The lowest BCUT2D eigenvalue weighted by Gasteiger charge is -2.23. The number of hydrogen-bond donors (Lipinski definition) is 1. The van der Waals surface area contributed by atoms with Gasteiger partial charge in [-0.05, 0) is 18.7 Å². The molecular weight excluding hydrogens is 244 g/mol. The summed E-state index contributed by atoms with van der Waals surface area (Å²) in [6.45, 7) is 5.42. The molecule has 0 unspecified atom stereocenters. The number of rotatable bonds is 2. The molecule has 2 N–H and O–H groups in total. The Kier molecular flexibility index (Phi) is 3.01. The lowest BCUT2D eigenvalue weighted by molar-refractivity contribution is 0.270. The minimum Gasteiger partial charge on any atom is -0.383 e. The van der Waals surface area contributed by atoms with Crippen LogP contribution < -0.4 is 5.73 Å². The van der Waals surface area contributed by atoms with Crippen LogP contribution in [0.15, 0.2) is 18.3 Å². The summed E-state index contributed by atoms with van der Waals surface area (Å²) in [6, 6.07) is 3.90. The summed E-state index contributed by atoms with van der Waals surface area (Å²) in [6.07, 6.45) is 2.75. The van der Waals surface area contributed by atoms with Gasteiger partial charge in [-0.3, -0.25) is 4.90 Å². The molecular formula is C13H16N4S. The Morgan fingerprint density at radius 2 is 2.39 bits per heavy atom. The van der Waals surface area contributed by atoms with Gasteiger partial charge in [0.2, 0.25) is 0 Å². The van der Waals surface area contributed by atoms with Gasteiger partial charge in [-0.1, -0.05) is 6.92 Å². The molecule has 1 aliphatic heterocycles. The third-order valence-electron chi connectivity index (χ3n) is 3.33. The number of hydrogen-bond acceptors (Lipinski definition) is 5. The Morgan fingerprint density at radius 3 is 3.17 bits per heavy atom. The van der Waals surface area contributed by atoms with Gasteiger partial charge in [0.15, 0.2) is 0 Å². The molecule has 18 heavy (non-hydrogen) atoms. The molecule has 0 radical (unpaired) electrons. The van der Waals surface area contributed by atoms with Crippen molar-refractivity contribution in [1.82, 2.24) is 14.9 Å². The van der Waals surface area contributed by atoms with E-state index in [1.165, 1.54) is 10.6 Å². The number of thiazole rings is 1. The lowest BCUT2D eigenvalue weighted by atomic mass is 10.2. The van der Waals surface area contributed by atoms with Crippen LogP contribution in [-0.2, 0) is 13.0 Å². The van der Waals surface area contributed by atoms with Crippen molar-refractivity contribution in [3.05, 3.63) is 28.9 Å². The van der Waals surface area contributed by atoms with Crippen molar-refractivity contribution in [1.29, 1.82) is 0 Å². The fourth-order valence-electron chi connectivity index (χ4n) is 2.23. The highest BCUT2D eigenvalue weighted by Gasteiger charge is 2.20. The molecule has 5 heteroatoms. The van der Waals surface area contributed by atoms with Gasteiger partial charge in [-0.2, -0.15) is 0 Å². The highest BCUT2D eigenvalue weighted by Crippen LogP contribution is 2.33. The standard InChI is InChI=1S/C13H16N4S/c1-2-17-7-5-10-11(8-17)18-13(16-10)9-4-3-6-15-12(9)14/h3-4,6H,2,5,7-8H2,1H3,(H2,14,15). The molecule has 3 heterocycles. The van der Waals surface area contributed by atoms with Crippen LogP contribution in [0, 0.1) is 0 Å². The molecule has 0 amide bonds. The topological polar surface area (TPSA) is 55.0 Å². The van der Waals surface area contributed by atoms with Crippen molar-refractivity contribution in [3.63, 3.8) is 0 Å². The van der Waals surface area contributed by atoms with E-state index >= 15 is 0 Å². The third kappa shape index (κ3) is 2.00. The van der Waals surface area contributed by atoms with E-state index in [-0.39, 0.29) is 0 Å². The van der Waals surface area contributed by atoms with E-state index in [0.717, 1.165) is 36.6 Å². The van der Waals surface area contributed by atoms with Crippen molar-refractivity contribution in [3.8, 4) is 10.6 Å². The predicted octanol–water partition coefficient (Wildman–Crippen LogP) is 2.17. The molecule has 4 nitrogen and oxygen atoms in total. The minimum atomic E-state index is 0.566. The second-order valence-electron chi connectivity index (χ2n) is 4.44. The first-order valence-electron chi connectivity index (χ1n) is 6.19. The number of aromatic nitrogens is 2. The van der Waals surface area contributed by atoms with Crippen LogP contribution in [-0.4, -0.2) is 28.0 Å². The summed E-state index contributed by atoms with van der Waals surface area (Å²) in [5.41, 5.74) is 8.11. The SMILES string of the molecule is CCN1CCc2nc(-c3cccnc3N)sc2C1. The fourth-order valence-corrected chi connectivity index (χ4v) is 3.42. The molecule has 0 saturated carbocycles. The van der Waals surface area contributed by atoms with E-state index in [4.69, 9.17) is 10.7 Å². The maximum absolute atomic E-state index is 5.91. The second kappa shape index (κ2) is 4.66. The summed E-state index contributed by atoms with van der Waals surface area (Å²) < 4.78 is 0. The monoisotopic (exact) mass is 260 g/mol. The molecule has 0 saturated heterocycles. The van der Waals surface area contributed by atoms with Gasteiger partial charge in [0.05, 0.1) is 11.3 Å². The molecule has 2 aromatic rings. The van der Waals surface area contributed by atoms with Crippen molar-refractivity contribution < 1.29 is 0 Å². The van der Waals surface area contributed by atoms with E-state index in [0.29, 0.717) is 5.82 Å². The maximum Gasteiger partial charge on any atom is 0.133 e. The van der Waals surface area contributed by atoms with Crippen molar-refractivity contribution in [2.24, 2.45) is 0 Å². The van der Waals surface area contributed by atoms with Crippen molar-refractivity contribution in [2.45, 2.75) is 19.9 Å². The van der Waals surface area contributed by atoms with Crippen LogP contribution in [0.4, 0.5) is 5.82 Å². The number of nitrogens with zero attached hydrogens (tertiary/aromatic N) is 3. The summed E-state index contributed by atoms with van der Waals surface area (Å²) in [5, 5.41) is 1.00. The third-order valence-corrected chi connectivity index (χ3v) is 4.44. The van der Waals surface area contributed by atoms with Gasteiger partial charge in [-0.25, -0.2) is 9.97 Å². The number of pyridine rings is 1. The smallest absolute Gasteiger partial charge is 0.133 e. The van der Waals surface area contributed by atoms with Gasteiger partial charge in [0.25, 0.3) is 0 Å². The predicted molar refractivity (Wildman–Crippen MR) is 74.4 cm³/mol.